The summed E-state index contributed by atoms with van der Waals surface area (Å²) in [6, 6.07) is 2.85. The van der Waals surface area contributed by atoms with Gasteiger partial charge in [-0.15, -0.1) is 0 Å². The Kier molecular flexibility index (Phi) is 3.36. The highest BCUT2D eigenvalue weighted by Crippen LogP contribution is 2.37. The molecule has 0 fully saturated rings. The molecule has 0 unspecified atom stereocenters. The summed E-state index contributed by atoms with van der Waals surface area (Å²) in [5.74, 6) is -1.12. The zero-order chi connectivity index (χ0) is 10.6. The Balaban J connectivity index is 2.94. The first kappa shape index (κ1) is 10.4. The van der Waals surface area contributed by atoms with Crippen LogP contribution in [0.5, 0.6) is 17.2 Å². The number of benzene rings is 1. The third-order valence-corrected chi connectivity index (χ3v) is 1.78. The van der Waals surface area contributed by atoms with E-state index in [0.717, 1.165) is 0 Å². The predicted molar refractivity (Wildman–Crippen MR) is 54.4 cm³/mol. The van der Waals surface area contributed by atoms with Gasteiger partial charge in [-0.1, -0.05) is 12.2 Å². The molecular weight excluding hydrogens is 182 g/mol. The van der Waals surface area contributed by atoms with Crippen LogP contribution in [0.1, 0.15) is 5.56 Å². The summed E-state index contributed by atoms with van der Waals surface area (Å²) in [6.07, 6.45) is 3.45. The molecule has 0 aliphatic heterocycles. The Morgan fingerprint density at radius 1 is 1.21 bits per heavy atom. The van der Waals surface area contributed by atoms with Gasteiger partial charge in [0.25, 0.3) is 0 Å². The zero-order valence-corrected chi connectivity index (χ0v) is 7.86. The minimum Gasteiger partial charge on any atom is -0.504 e. The molecule has 1 aromatic carbocycles. The van der Waals surface area contributed by atoms with Crippen LogP contribution in [0, 0.1) is 0 Å². The van der Waals surface area contributed by atoms with Crippen molar-refractivity contribution in [1.82, 2.24) is 5.32 Å². The third-order valence-electron chi connectivity index (χ3n) is 1.78. The number of hydrogen-bond acceptors (Lipinski definition) is 4. The third kappa shape index (κ3) is 2.17. The second-order valence-electron chi connectivity index (χ2n) is 2.83. The Morgan fingerprint density at radius 2 is 1.93 bits per heavy atom. The molecule has 14 heavy (non-hydrogen) atoms. The number of nitrogens with one attached hydrogen (secondary N) is 1. The van der Waals surface area contributed by atoms with Crippen LogP contribution < -0.4 is 5.32 Å². The summed E-state index contributed by atoms with van der Waals surface area (Å²) in [7, 11) is 1.80. The van der Waals surface area contributed by atoms with E-state index in [1.54, 1.807) is 19.2 Å². The number of likely N-dealkylation sites (N-methyl/N-ethyl adjacent to an activating group) is 1. The predicted octanol–water partition coefficient (Wildman–Crippen LogP) is 1.04. The molecule has 4 nitrogen and oxygen atoms in total. The van der Waals surface area contributed by atoms with Gasteiger partial charge in [0.1, 0.15) is 0 Å². The van der Waals surface area contributed by atoms with Gasteiger partial charge in [-0.2, -0.15) is 0 Å². The molecule has 4 N–H and O–H groups in total. The van der Waals surface area contributed by atoms with E-state index in [-0.39, 0.29) is 11.5 Å². The largest absolute Gasteiger partial charge is 0.504 e. The van der Waals surface area contributed by atoms with Crippen LogP contribution >= 0.6 is 0 Å². The molecule has 0 saturated carbocycles. The molecule has 0 radical (unpaired) electrons. The molecule has 0 amide bonds. The van der Waals surface area contributed by atoms with Crippen LogP contribution in [-0.2, 0) is 0 Å². The van der Waals surface area contributed by atoms with E-state index in [4.69, 9.17) is 5.11 Å². The highest BCUT2D eigenvalue weighted by molar-refractivity contribution is 5.64. The van der Waals surface area contributed by atoms with Gasteiger partial charge in [0.15, 0.2) is 11.5 Å². The van der Waals surface area contributed by atoms with Crippen molar-refractivity contribution in [2.75, 3.05) is 13.6 Å². The van der Waals surface area contributed by atoms with Gasteiger partial charge < -0.3 is 20.6 Å². The van der Waals surface area contributed by atoms with Crippen molar-refractivity contribution in [2.24, 2.45) is 0 Å². The smallest absolute Gasteiger partial charge is 0.200 e. The average Bonchev–Trinajstić information content (AvgIpc) is 2.18. The maximum absolute atomic E-state index is 9.40. The second-order valence-corrected chi connectivity index (χ2v) is 2.83. The summed E-state index contributed by atoms with van der Waals surface area (Å²) < 4.78 is 0. The standard InChI is InChI=1S/C10H13NO3/c1-11-6-2-3-7-4-5-8(12)10(14)9(7)13/h2-5,11-14H,6H2,1H3. The lowest BCUT2D eigenvalue weighted by Crippen LogP contribution is -2.03. The number of phenols is 3. The second kappa shape index (κ2) is 4.53. The van der Waals surface area contributed by atoms with Gasteiger partial charge in [-0.25, -0.2) is 0 Å². The van der Waals surface area contributed by atoms with Crippen molar-refractivity contribution in [3.63, 3.8) is 0 Å². The lowest BCUT2D eigenvalue weighted by atomic mass is 10.1. The molecule has 1 aromatic rings. The molecule has 76 valence electrons. The lowest BCUT2D eigenvalue weighted by Gasteiger charge is -2.03. The first-order valence-corrected chi connectivity index (χ1v) is 4.22. The average molecular weight is 195 g/mol. The van der Waals surface area contributed by atoms with Crippen LogP contribution in [0.25, 0.3) is 6.08 Å². The van der Waals surface area contributed by atoms with Gasteiger partial charge in [-0.05, 0) is 19.2 Å². The number of phenolic OH excluding ortho intramolecular Hbond substituents is 3. The van der Waals surface area contributed by atoms with Crippen LogP contribution in [0.15, 0.2) is 18.2 Å². The summed E-state index contributed by atoms with van der Waals surface area (Å²) in [4.78, 5) is 0. The van der Waals surface area contributed by atoms with Gasteiger partial charge in [0.05, 0.1) is 0 Å². The van der Waals surface area contributed by atoms with E-state index >= 15 is 0 Å². The van der Waals surface area contributed by atoms with Crippen molar-refractivity contribution >= 4 is 6.08 Å². The van der Waals surface area contributed by atoms with Crippen LogP contribution in [-0.4, -0.2) is 28.9 Å². The van der Waals surface area contributed by atoms with Crippen molar-refractivity contribution in [3.05, 3.63) is 23.8 Å². The molecule has 0 bridgehead atoms. The van der Waals surface area contributed by atoms with E-state index in [1.165, 1.54) is 12.1 Å². The monoisotopic (exact) mass is 195 g/mol. The molecule has 1 rings (SSSR count). The van der Waals surface area contributed by atoms with E-state index in [0.29, 0.717) is 12.1 Å². The molecule has 0 aliphatic rings. The highest BCUT2D eigenvalue weighted by Gasteiger charge is 2.07. The highest BCUT2D eigenvalue weighted by atomic mass is 16.3. The Bertz CT molecular complexity index is 347. The van der Waals surface area contributed by atoms with E-state index in [9.17, 15) is 10.2 Å². The van der Waals surface area contributed by atoms with Gasteiger partial charge >= 0.3 is 0 Å². The number of rotatable bonds is 3. The molecule has 4 heteroatoms. The maximum Gasteiger partial charge on any atom is 0.200 e. The van der Waals surface area contributed by atoms with E-state index in [2.05, 4.69) is 5.32 Å². The minimum atomic E-state index is -0.489. The molecule has 0 heterocycles. The Labute approximate surface area is 82.1 Å². The summed E-state index contributed by atoms with van der Waals surface area (Å²) >= 11 is 0. The van der Waals surface area contributed by atoms with Gasteiger partial charge in [0, 0.05) is 12.1 Å². The maximum atomic E-state index is 9.40. The lowest BCUT2D eigenvalue weighted by molar-refractivity contribution is 0.367. The quantitative estimate of drug-likeness (QED) is 0.544. The Morgan fingerprint density at radius 3 is 2.57 bits per heavy atom. The van der Waals surface area contributed by atoms with Gasteiger partial charge in [-0.3, -0.25) is 0 Å². The molecule has 0 atom stereocenters. The molecule has 0 saturated heterocycles. The SMILES string of the molecule is CNCC=Cc1ccc(O)c(O)c1O. The first-order valence-electron chi connectivity index (χ1n) is 4.22. The fraction of sp³-hybridized carbons (Fsp3) is 0.200. The van der Waals surface area contributed by atoms with E-state index in [1.807, 2.05) is 0 Å². The van der Waals surface area contributed by atoms with E-state index < -0.39 is 5.75 Å². The van der Waals surface area contributed by atoms with Crippen LogP contribution in [0.4, 0.5) is 0 Å². The summed E-state index contributed by atoms with van der Waals surface area (Å²) in [6.45, 7) is 0.668. The fourth-order valence-electron chi connectivity index (χ4n) is 1.02. The topological polar surface area (TPSA) is 72.7 Å². The summed E-state index contributed by atoms with van der Waals surface area (Å²) in [5.41, 5.74) is 0.468. The van der Waals surface area contributed by atoms with Crippen LogP contribution in [0.3, 0.4) is 0 Å². The van der Waals surface area contributed by atoms with Crippen LogP contribution in [0.2, 0.25) is 0 Å². The fourth-order valence-corrected chi connectivity index (χ4v) is 1.02. The minimum absolute atomic E-state index is 0.308. The summed E-state index contributed by atoms with van der Waals surface area (Å²) in [5, 5.41) is 30.5. The van der Waals surface area contributed by atoms with Crippen molar-refractivity contribution in [2.45, 2.75) is 0 Å². The first-order chi connectivity index (χ1) is 6.66. The normalized spacial score (nSPS) is 10.9. The Hall–Kier alpha value is -1.68. The van der Waals surface area contributed by atoms with Crippen molar-refractivity contribution in [1.29, 1.82) is 0 Å². The van der Waals surface area contributed by atoms with Crippen molar-refractivity contribution < 1.29 is 15.3 Å². The van der Waals surface area contributed by atoms with Gasteiger partial charge in [0.2, 0.25) is 5.75 Å². The molecule has 0 aliphatic carbocycles. The zero-order valence-electron chi connectivity index (χ0n) is 7.86. The molecule has 0 spiro atoms. The number of hydrogen-bond donors (Lipinski definition) is 4. The number of aromatic hydroxyl groups is 3. The molecule has 0 aromatic heterocycles. The molecular formula is C10H13NO3. The van der Waals surface area contributed by atoms with Crippen molar-refractivity contribution in [3.8, 4) is 17.2 Å².